The van der Waals surface area contributed by atoms with Crippen molar-refractivity contribution in [3.05, 3.63) is 46.7 Å². The molecule has 2 unspecified atom stereocenters. The van der Waals surface area contributed by atoms with E-state index < -0.39 is 39.4 Å². The Kier molecular flexibility index (Phi) is 6.38. The van der Waals surface area contributed by atoms with E-state index in [1.807, 2.05) is 0 Å². The first kappa shape index (κ1) is 22.9. The van der Waals surface area contributed by atoms with Gasteiger partial charge < -0.3 is 9.64 Å². The molecule has 1 heterocycles. The van der Waals surface area contributed by atoms with Gasteiger partial charge in [-0.1, -0.05) is 0 Å². The van der Waals surface area contributed by atoms with Crippen LogP contribution in [0.2, 0.25) is 0 Å². The molecule has 2 atom stereocenters. The average Bonchev–Trinajstić information content (AvgIpc) is 2.74. The number of anilines is 2. The zero-order valence-electron chi connectivity index (χ0n) is 16.2. The van der Waals surface area contributed by atoms with Crippen molar-refractivity contribution in [2.45, 2.75) is 36.1 Å². The standard InChI is InChI=1S/C20H20BrF4NO3S/c1-20(24,25)8-7-12-11-26(14-5-3-13(22)4-6-14)16-9-15(21)17(29-2)10-18(16)30(27,28)19(12)23/h3-6,9-10,12,19H,7-8,11H2,1-2H3. The number of sulfone groups is 1. The highest BCUT2D eigenvalue weighted by Crippen LogP contribution is 2.45. The Morgan fingerprint density at radius 1 is 1.23 bits per heavy atom. The van der Waals surface area contributed by atoms with Crippen molar-refractivity contribution in [3.63, 3.8) is 0 Å². The average molecular weight is 510 g/mol. The molecule has 4 nitrogen and oxygen atoms in total. The van der Waals surface area contributed by atoms with E-state index in [0.29, 0.717) is 17.1 Å². The van der Waals surface area contributed by atoms with Gasteiger partial charge in [-0.15, -0.1) is 0 Å². The number of hydrogen-bond acceptors (Lipinski definition) is 4. The molecule has 2 aromatic rings. The molecule has 0 radical (unpaired) electrons. The van der Waals surface area contributed by atoms with E-state index in [2.05, 4.69) is 15.9 Å². The van der Waals surface area contributed by atoms with E-state index in [1.165, 1.54) is 48.4 Å². The van der Waals surface area contributed by atoms with Crippen LogP contribution in [0.3, 0.4) is 0 Å². The quantitative estimate of drug-likeness (QED) is 0.473. The van der Waals surface area contributed by atoms with Crippen LogP contribution in [0.1, 0.15) is 19.8 Å². The van der Waals surface area contributed by atoms with Crippen molar-refractivity contribution >= 4 is 37.1 Å². The molecule has 164 valence electrons. The lowest BCUT2D eigenvalue weighted by atomic mass is 10.0. The monoisotopic (exact) mass is 509 g/mol. The third-order valence-corrected chi connectivity index (χ3v) is 7.54. The summed E-state index contributed by atoms with van der Waals surface area (Å²) in [5.41, 5.74) is -1.81. The van der Waals surface area contributed by atoms with E-state index in [-0.39, 0.29) is 29.3 Å². The summed E-state index contributed by atoms with van der Waals surface area (Å²) in [6.07, 6.45) is -0.998. The molecule has 0 fully saturated rings. The molecule has 0 spiro atoms. The van der Waals surface area contributed by atoms with Crippen LogP contribution in [0, 0.1) is 11.7 Å². The maximum atomic E-state index is 15.3. The fourth-order valence-corrected chi connectivity index (χ4v) is 5.63. The van der Waals surface area contributed by atoms with Gasteiger partial charge >= 0.3 is 0 Å². The summed E-state index contributed by atoms with van der Waals surface area (Å²) in [4.78, 5) is 1.19. The molecule has 1 aliphatic heterocycles. The molecule has 2 aromatic carbocycles. The first-order valence-electron chi connectivity index (χ1n) is 9.10. The van der Waals surface area contributed by atoms with Gasteiger partial charge in [-0.2, -0.15) is 0 Å². The molecule has 30 heavy (non-hydrogen) atoms. The second kappa shape index (κ2) is 8.37. The molecule has 0 aromatic heterocycles. The fourth-order valence-electron chi connectivity index (χ4n) is 3.44. The summed E-state index contributed by atoms with van der Waals surface area (Å²) in [5.74, 6) is -4.59. The molecule has 0 aliphatic carbocycles. The maximum absolute atomic E-state index is 15.3. The highest BCUT2D eigenvalue weighted by Gasteiger charge is 2.43. The third-order valence-electron chi connectivity index (χ3n) is 5.01. The number of benzene rings is 2. The van der Waals surface area contributed by atoms with Crippen molar-refractivity contribution in [1.82, 2.24) is 0 Å². The zero-order valence-corrected chi connectivity index (χ0v) is 18.6. The number of fused-ring (bicyclic) bond motifs is 1. The number of methoxy groups -OCH3 is 1. The Morgan fingerprint density at radius 3 is 2.43 bits per heavy atom. The largest absolute Gasteiger partial charge is 0.496 e. The minimum atomic E-state index is -4.50. The number of hydrogen-bond donors (Lipinski definition) is 0. The van der Waals surface area contributed by atoms with Crippen LogP contribution in [-0.4, -0.2) is 33.5 Å². The smallest absolute Gasteiger partial charge is 0.245 e. The molecule has 0 saturated carbocycles. The molecule has 0 amide bonds. The van der Waals surface area contributed by atoms with Crippen LogP contribution in [0.5, 0.6) is 5.75 Å². The van der Waals surface area contributed by atoms with Crippen molar-refractivity contribution in [1.29, 1.82) is 0 Å². The third kappa shape index (κ3) is 4.59. The number of ether oxygens (including phenoxy) is 1. The predicted octanol–water partition coefficient (Wildman–Crippen LogP) is 5.87. The van der Waals surface area contributed by atoms with Gasteiger partial charge in [-0.25, -0.2) is 26.0 Å². The van der Waals surface area contributed by atoms with Gasteiger partial charge in [0, 0.05) is 30.6 Å². The second-order valence-electron chi connectivity index (χ2n) is 7.31. The van der Waals surface area contributed by atoms with Crippen LogP contribution in [0.25, 0.3) is 0 Å². The number of rotatable bonds is 5. The summed E-state index contributed by atoms with van der Waals surface area (Å²) in [6, 6.07) is 7.90. The molecule has 1 aliphatic rings. The highest BCUT2D eigenvalue weighted by molar-refractivity contribution is 9.10. The Labute approximate surface area is 180 Å². The van der Waals surface area contributed by atoms with Crippen LogP contribution in [0.15, 0.2) is 45.8 Å². The lowest BCUT2D eigenvalue weighted by Gasteiger charge is -2.28. The van der Waals surface area contributed by atoms with Crippen LogP contribution in [0.4, 0.5) is 28.9 Å². The van der Waals surface area contributed by atoms with Crippen LogP contribution >= 0.6 is 15.9 Å². The minimum absolute atomic E-state index is 0.155. The Balaban J connectivity index is 2.18. The first-order chi connectivity index (χ1) is 13.9. The lowest BCUT2D eigenvalue weighted by Crippen LogP contribution is -2.32. The van der Waals surface area contributed by atoms with Gasteiger partial charge in [0.25, 0.3) is 0 Å². The van der Waals surface area contributed by atoms with Crippen molar-refractivity contribution in [2.75, 3.05) is 18.6 Å². The normalized spacial score (nSPS) is 21.1. The van der Waals surface area contributed by atoms with Crippen molar-refractivity contribution < 1.29 is 30.7 Å². The number of alkyl halides is 3. The van der Waals surface area contributed by atoms with Gasteiger partial charge in [0.15, 0.2) is 0 Å². The Morgan fingerprint density at radius 2 is 1.87 bits per heavy atom. The summed E-state index contributed by atoms with van der Waals surface area (Å²) < 4.78 is 87.2. The number of nitrogens with zero attached hydrogens (tertiary/aromatic N) is 1. The predicted molar refractivity (Wildman–Crippen MR) is 110 cm³/mol. The van der Waals surface area contributed by atoms with E-state index in [0.717, 1.165) is 0 Å². The molecule has 10 heteroatoms. The molecule has 3 rings (SSSR count). The molecule has 0 bridgehead atoms. The van der Waals surface area contributed by atoms with Gasteiger partial charge in [0.2, 0.25) is 21.3 Å². The fraction of sp³-hybridized carbons (Fsp3) is 0.400. The van der Waals surface area contributed by atoms with Crippen LogP contribution in [-0.2, 0) is 9.84 Å². The summed E-state index contributed by atoms with van der Waals surface area (Å²) in [7, 11) is -3.16. The first-order valence-corrected chi connectivity index (χ1v) is 11.4. The van der Waals surface area contributed by atoms with Crippen molar-refractivity contribution in [2.24, 2.45) is 5.92 Å². The second-order valence-corrected chi connectivity index (χ2v) is 10.1. The number of halogens is 5. The maximum Gasteiger partial charge on any atom is 0.245 e. The van der Waals surface area contributed by atoms with Gasteiger partial charge in [-0.05, 0) is 59.6 Å². The zero-order chi connectivity index (χ0) is 22.3. The van der Waals surface area contributed by atoms with E-state index in [9.17, 15) is 21.6 Å². The van der Waals surface area contributed by atoms with Gasteiger partial charge in [0.05, 0.1) is 22.2 Å². The SMILES string of the molecule is COc1cc2c(cc1Br)N(c1ccc(F)cc1)CC(CCC(C)(F)F)C(F)S2(=O)=O. The summed E-state index contributed by atoms with van der Waals surface area (Å²) >= 11 is 3.30. The van der Waals surface area contributed by atoms with Gasteiger partial charge in [0.1, 0.15) is 11.6 Å². The molecule has 0 saturated heterocycles. The molecule has 0 N–H and O–H groups in total. The highest BCUT2D eigenvalue weighted by atomic mass is 79.9. The van der Waals surface area contributed by atoms with E-state index in [4.69, 9.17) is 4.74 Å². The van der Waals surface area contributed by atoms with E-state index >= 15 is 4.39 Å². The summed E-state index contributed by atoms with van der Waals surface area (Å²) in [6.45, 7) is 0.536. The molecular weight excluding hydrogens is 490 g/mol. The van der Waals surface area contributed by atoms with Crippen LogP contribution < -0.4 is 9.64 Å². The minimum Gasteiger partial charge on any atom is -0.496 e. The summed E-state index contributed by atoms with van der Waals surface area (Å²) in [5, 5.41) is 0. The molecular formula is C20H20BrF4NO3S. The Bertz CT molecular complexity index is 1030. The Hall–Kier alpha value is -1.81. The van der Waals surface area contributed by atoms with Gasteiger partial charge in [-0.3, -0.25) is 0 Å². The topological polar surface area (TPSA) is 46.6 Å². The lowest BCUT2D eigenvalue weighted by molar-refractivity contribution is 0.00529. The van der Waals surface area contributed by atoms with E-state index in [1.54, 1.807) is 0 Å². The van der Waals surface area contributed by atoms with Crippen molar-refractivity contribution in [3.8, 4) is 5.75 Å².